The van der Waals surface area contributed by atoms with Gasteiger partial charge in [0.15, 0.2) is 0 Å². The van der Waals surface area contributed by atoms with E-state index in [1.165, 1.54) is 0 Å². The first-order chi connectivity index (χ1) is 5.57. The molecule has 0 aliphatic heterocycles. The molecule has 0 rings (SSSR count). The summed E-state index contributed by atoms with van der Waals surface area (Å²) in [7, 11) is 0. The molecule has 0 heterocycles. The molecule has 0 fully saturated rings. The minimum absolute atomic E-state index is 0.200. The highest BCUT2D eigenvalue weighted by molar-refractivity contribution is 5.87. The lowest BCUT2D eigenvalue weighted by molar-refractivity contribution is -0.132. The molecule has 0 aromatic carbocycles. The lowest BCUT2D eigenvalue weighted by Gasteiger charge is -2.03. The van der Waals surface area contributed by atoms with E-state index in [9.17, 15) is 4.79 Å². The molecule has 3 heteroatoms. The van der Waals surface area contributed by atoms with Gasteiger partial charge in [-0.3, -0.25) is 0 Å². The fourth-order valence-corrected chi connectivity index (χ4v) is 0.763. The van der Waals surface area contributed by atoms with Crippen molar-refractivity contribution in [2.45, 2.75) is 26.7 Å². The standard InChI is InChI=1S/C9H13NO2/c1-7(2)3-4-8(5-6-10)9(11)12/h5,7H,3-4H2,1-2H3,(H,11,12)/b8-5-. The Kier molecular flexibility index (Phi) is 4.78. The number of rotatable bonds is 4. The SMILES string of the molecule is CC(C)CC/C(=C/C#N)C(=O)O. The predicted octanol–water partition coefficient (Wildman–Crippen LogP) is 1.96. The molecule has 0 radical (unpaired) electrons. The van der Waals surface area contributed by atoms with E-state index in [0.29, 0.717) is 12.3 Å². The van der Waals surface area contributed by atoms with Crippen molar-refractivity contribution < 1.29 is 9.90 Å². The quantitative estimate of drug-likeness (QED) is 0.514. The second-order valence-corrected chi connectivity index (χ2v) is 3.04. The van der Waals surface area contributed by atoms with Gasteiger partial charge in [-0.1, -0.05) is 13.8 Å². The number of carboxylic acids is 1. The van der Waals surface area contributed by atoms with Crippen LogP contribution < -0.4 is 0 Å². The van der Waals surface area contributed by atoms with E-state index in [1.807, 2.05) is 13.8 Å². The summed E-state index contributed by atoms with van der Waals surface area (Å²) < 4.78 is 0. The van der Waals surface area contributed by atoms with Gasteiger partial charge in [-0.25, -0.2) is 4.79 Å². The van der Waals surface area contributed by atoms with Crippen LogP contribution in [0.15, 0.2) is 11.6 Å². The maximum Gasteiger partial charge on any atom is 0.332 e. The van der Waals surface area contributed by atoms with Crippen molar-refractivity contribution in [3.63, 3.8) is 0 Å². The number of hydrogen-bond acceptors (Lipinski definition) is 2. The van der Waals surface area contributed by atoms with Crippen molar-refractivity contribution in [3.05, 3.63) is 11.6 Å². The average Bonchev–Trinajstić information content (AvgIpc) is 1.96. The van der Waals surface area contributed by atoms with Gasteiger partial charge in [0.25, 0.3) is 0 Å². The third-order valence-electron chi connectivity index (χ3n) is 1.50. The molecule has 0 aliphatic carbocycles. The molecule has 0 aromatic heterocycles. The molecule has 1 N–H and O–H groups in total. The smallest absolute Gasteiger partial charge is 0.332 e. The Morgan fingerprint density at radius 3 is 2.58 bits per heavy atom. The summed E-state index contributed by atoms with van der Waals surface area (Å²) in [6.45, 7) is 4.04. The first kappa shape index (κ1) is 10.7. The number of carboxylic acid groups (broad SMARTS) is 1. The Balaban J connectivity index is 4.09. The second-order valence-electron chi connectivity index (χ2n) is 3.04. The van der Waals surface area contributed by atoms with Gasteiger partial charge in [-0.05, 0) is 18.8 Å². The molecular formula is C9H13NO2. The summed E-state index contributed by atoms with van der Waals surface area (Å²) in [6.07, 6.45) is 2.38. The van der Waals surface area contributed by atoms with Gasteiger partial charge >= 0.3 is 5.97 Å². The molecular weight excluding hydrogens is 154 g/mol. The third kappa shape index (κ3) is 4.51. The van der Waals surface area contributed by atoms with Crippen molar-refractivity contribution in [3.8, 4) is 6.07 Å². The van der Waals surface area contributed by atoms with Crippen LogP contribution in [0.1, 0.15) is 26.7 Å². The lowest BCUT2D eigenvalue weighted by Crippen LogP contribution is -2.01. The fraction of sp³-hybridized carbons (Fsp3) is 0.556. The van der Waals surface area contributed by atoms with Gasteiger partial charge < -0.3 is 5.11 Å². The molecule has 12 heavy (non-hydrogen) atoms. The Bertz CT molecular complexity index is 223. The number of allylic oxidation sites excluding steroid dienone is 1. The maximum atomic E-state index is 10.5. The Hall–Kier alpha value is -1.30. The number of hydrogen-bond donors (Lipinski definition) is 1. The first-order valence-electron chi connectivity index (χ1n) is 3.90. The van der Waals surface area contributed by atoms with E-state index in [-0.39, 0.29) is 5.57 Å². The van der Waals surface area contributed by atoms with Gasteiger partial charge in [-0.2, -0.15) is 5.26 Å². The molecule has 0 saturated heterocycles. The number of carbonyl (C=O) groups is 1. The maximum absolute atomic E-state index is 10.5. The zero-order valence-corrected chi connectivity index (χ0v) is 7.37. The molecule has 0 unspecified atom stereocenters. The Labute approximate surface area is 72.3 Å². The van der Waals surface area contributed by atoms with E-state index >= 15 is 0 Å². The average molecular weight is 167 g/mol. The topological polar surface area (TPSA) is 61.1 Å². The van der Waals surface area contributed by atoms with E-state index in [1.54, 1.807) is 6.07 Å². The number of nitriles is 1. The van der Waals surface area contributed by atoms with Crippen molar-refractivity contribution in [2.75, 3.05) is 0 Å². The van der Waals surface area contributed by atoms with Gasteiger partial charge in [0, 0.05) is 11.6 Å². The highest BCUT2D eigenvalue weighted by Gasteiger charge is 2.07. The summed E-state index contributed by atoms with van der Waals surface area (Å²) >= 11 is 0. The zero-order chi connectivity index (χ0) is 9.56. The van der Waals surface area contributed by atoms with Crippen LogP contribution >= 0.6 is 0 Å². The van der Waals surface area contributed by atoms with Crippen LogP contribution in [-0.4, -0.2) is 11.1 Å². The van der Waals surface area contributed by atoms with Gasteiger partial charge in [0.05, 0.1) is 6.07 Å². The van der Waals surface area contributed by atoms with E-state index in [0.717, 1.165) is 12.5 Å². The van der Waals surface area contributed by atoms with Crippen LogP contribution in [0.5, 0.6) is 0 Å². The molecule has 66 valence electrons. The molecule has 0 atom stereocenters. The number of nitrogens with zero attached hydrogens (tertiary/aromatic N) is 1. The number of aliphatic carboxylic acids is 1. The largest absolute Gasteiger partial charge is 0.478 e. The summed E-state index contributed by atoms with van der Waals surface area (Å²) in [5.41, 5.74) is 0.200. The van der Waals surface area contributed by atoms with Gasteiger partial charge in [-0.15, -0.1) is 0 Å². The molecule has 0 aromatic rings. The van der Waals surface area contributed by atoms with Crippen molar-refractivity contribution >= 4 is 5.97 Å². The summed E-state index contributed by atoms with van der Waals surface area (Å²) in [5, 5.41) is 16.9. The summed E-state index contributed by atoms with van der Waals surface area (Å²) in [6, 6.07) is 1.73. The monoisotopic (exact) mass is 167 g/mol. The molecule has 0 spiro atoms. The van der Waals surface area contributed by atoms with E-state index in [4.69, 9.17) is 10.4 Å². The van der Waals surface area contributed by atoms with Crippen LogP contribution in [0.25, 0.3) is 0 Å². The lowest BCUT2D eigenvalue weighted by atomic mass is 10.0. The molecule has 0 saturated carbocycles. The summed E-state index contributed by atoms with van der Waals surface area (Å²) in [5.74, 6) is -0.524. The highest BCUT2D eigenvalue weighted by Crippen LogP contribution is 2.11. The molecule has 3 nitrogen and oxygen atoms in total. The molecule has 0 amide bonds. The minimum atomic E-state index is -0.989. The Morgan fingerprint density at radius 1 is 1.67 bits per heavy atom. The van der Waals surface area contributed by atoms with Gasteiger partial charge in [0.2, 0.25) is 0 Å². The van der Waals surface area contributed by atoms with E-state index in [2.05, 4.69) is 0 Å². The normalized spacial score (nSPS) is 11.3. The molecule has 0 aliphatic rings. The van der Waals surface area contributed by atoms with Crippen molar-refractivity contribution in [1.82, 2.24) is 0 Å². The Morgan fingerprint density at radius 2 is 2.25 bits per heavy atom. The molecule has 0 bridgehead atoms. The van der Waals surface area contributed by atoms with E-state index < -0.39 is 5.97 Å². The third-order valence-corrected chi connectivity index (χ3v) is 1.50. The zero-order valence-electron chi connectivity index (χ0n) is 7.37. The van der Waals surface area contributed by atoms with Crippen LogP contribution in [0, 0.1) is 17.2 Å². The van der Waals surface area contributed by atoms with Crippen molar-refractivity contribution in [2.24, 2.45) is 5.92 Å². The first-order valence-corrected chi connectivity index (χ1v) is 3.90. The van der Waals surface area contributed by atoms with Crippen LogP contribution in [0.3, 0.4) is 0 Å². The second kappa shape index (κ2) is 5.36. The fourth-order valence-electron chi connectivity index (χ4n) is 0.763. The minimum Gasteiger partial charge on any atom is -0.478 e. The van der Waals surface area contributed by atoms with Crippen LogP contribution in [0.4, 0.5) is 0 Å². The van der Waals surface area contributed by atoms with Crippen LogP contribution in [-0.2, 0) is 4.79 Å². The van der Waals surface area contributed by atoms with Gasteiger partial charge in [0.1, 0.15) is 0 Å². The highest BCUT2D eigenvalue weighted by atomic mass is 16.4. The predicted molar refractivity (Wildman–Crippen MR) is 45.4 cm³/mol. The van der Waals surface area contributed by atoms with Crippen LogP contribution in [0.2, 0.25) is 0 Å². The van der Waals surface area contributed by atoms with Crippen molar-refractivity contribution in [1.29, 1.82) is 5.26 Å². The summed E-state index contributed by atoms with van der Waals surface area (Å²) in [4.78, 5) is 10.5.